The number of methoxy groups -OCH3 is 2. The first-order valence-corrected chi connectivity index (χ1v) is 11.6. The average molecular weight is 448 g/mol. The lowest BCUT2D eigenvalue weighted by Gasteiger charge is -2.36. The fourth-order valence-corrected chi connectivity index (χ4v) is 5.14. The van der Waals surface area contributed by atoms with Crippen LogP contribution in [0.15, 0.2) is 35.1 Å². The highest BCUT2D eigenvalue weighted by atomic mass is 16.5. The van der Waals surface area contributed by atoms with Gasteiger partial charge in [-0.05, 0) is 67.6 Å². The predicted octanol–water partition coefficient (Wildman–Crippen LogP) is 3.90. The van der Waals surface area contributed by atoms with Crippen LogP contribution in [-0.4, -0.2) is 41.1 Å². The predicted molar refractivity (Wildman–Crippen MR) is 126 cm³/mol. The molecular weight excluding hydrogens is 418 g/mol. The molecule has 2 aliphatic heterocycles. The van der Waals surface area contributed by atoms with Gasteiger partial charge in [0.05, 0.1) is 31.2 Å². The molecule has 0 saturated carbocycles. The summed E-state index contributed by atoms with van der Waals surface area (Å²) in [6.07, 6.45) is 4.69. The number of carbonyl (C=O) groups excluding carboxylic acids is 1. The quantitative estimate of drug-likeness (QED) is 0.609. The maximum atomic E-state index is 13.5. The highest BCUT2D eigenvalue weighted by Gasteiger charge is 2.30. The lowest BCUT2D eigenvalue weighted by molar-refractivity contribution is 0.0677. The maximum Gasteiger partial charge on any atom is 0.261 e. The second-order valence-electron chi connectivity index (χ2n) is 8.86. The van der Waals surface area contributed by atoms with Gasteiger partial charge in [-0.3, -0.25) is 14.2 Å². The number of carbonyl (C=O) groups is 1. The summed E-state index contributed by atoms with van der Waals surface area (Å²) < 4.78 is 12.7. The van der Waals surface area contributed by atoms with Crippen LogP contribution in [0.25, 0.3) is 10.9 Å². The van der Waals surface area contributed by atoms with Gasteiger partial charge in [0.15, 0.2) is 11.5 Å². The highest BCUT2D eigenvalue weighted by Crippen LogP contribution is 2.38. The Morgan fingerprint density at radius 2 is 1.79 bits per heavy atom. The van der Waals surface area contributed by atoms with Gasteiger partial charge in [-0.1, -0.05) is 6.42 Å². The molecule has 1 aromatic heterocycles. The summed E-state index contributed by atoms with van der Waals surface area (Å²) in [6, 6.07) is 9.16. The van der Waals surface area contributed by atoms with Crippen molar-refractivity contribution in [3.63, 3.8) is 0 Å². The number of aryl methyl sites for hydroxylation is 1. The van der Waals surface area contributed by atoms with E-state index in [4.69, 9.17) is 14.5 Å². The standard InChI is InChI=1S/C26H29N3O4/c1-16-20-15-23(33-3)22(32-2)14-17(20)10-12-28(16)25(30)18-8-9-19-21(13-18)27-24-7-5-4-6-11-29(24)26(19)31/h8-9,13-16H,4-7,10-12H2,1-3H3. The lowest BCUT2D eigenvalue weighted by atomic mass is 9.92. The second kappa shape index (κ2) is 8.54. The van der Waals surface area contributed by atoms with Crippen LogP contribution in [0.1, 0.15) is 59.5 Å². The number of hydrogen-bond acceptors (Lipinski definition) is 5. The van der Waals surface area contributed by atoms with E-state index in [9.17, 15) is 9.59 Å². The Kier molecular flexibility index (Phi) is 5.56. The zero-order valence-corrected chi connectivity index (χ0v) is 19.4. The van der Waals surface area contributed by atoms with Crippen molar-refractivity contribution in [3.05, 3.63) is 63.2 Å². The van der Waals surface area contributed by atoms with Crippen molar-refractivity contribution in [1.29, 1.82) is 0 Å². The smallest absolute Gasteiger partial charge is 0.261 e. The van der Waals surface area contributed by atoms with E-state index < -0.39 is 0 Å². The number of amides is 1. The molecule has 0 spiro atoms. The first-order chi connectivity index (χ1) is 16.0. The number of rotatable bonds is 3. The Hall–Kier alpha value is -3.35. The minimum absolute atomic E-state index is 0.00258. The Morgan fingerprint density at radius 1 is 1.00 bits per heavy atom. The lowest BCUT2D eigenvalue weighted by Crippen LogP contribution is -2.39. The van der Waals surface area contributed by atoms with Crippen LogP contribution in [0.4, 0.5) is 0 Å². The molecule has 1 atom stereocenters. The number of ether oxygens (including phenoxy) is 2. The van der Waals surface area contributed by atoms with Gasteiger partial charge >= 0.3 is 0 Å². The van der Waals surface area contributed by atoms with Crippen LogP contribution in [0.2, 0.25) is 0 Å². The molecule has 0 bridgehead atoms. The molecule has 7 heteroatoms. The third-order valence-corrected chi connectivity index (χ3v) is 7.01. The molecule has 0 radical (unpaired) electrons. The molecule has 7 nitrogen and oxygen atoms in total. The summed E-state index contributed by atoms with van der Waals surface area (Å²) in [4.78, 5) is 33.2. The van der Waals surface area contributed by atoms with Gasteiger partial charge in [-0.2, -0.15) is 0 Å². The molecule has 0 saturated heterocycles. The third-order valence-electron chi connectivity index (χ3n) is 7.01. The molecule has 2 aliphatic rings. The Balaban J connectivity index is 1.49. The molecule has 172 valence electrons. The normalized spacial score (nSPS) is 17.8. The zero-order valence-electron chi connectivity index (χ0n) is 19.4. The SMILES string of the molecule is COc1cc2c(cc1OC)C(C)N(C(=O)c1ccc3c(=O)n4c(nc3c1)CCCCC4)CC2. The van der Waals surface area contributed by atoms with Crippen LogP contribution >= 0.6 is 0 Å². The van der Waals surface area contributed by atoms with Crippen molar-refractivity contribution in [3.8, 4) is 11.5 Å². The number of aromatic nitrogens is 2. The molecule has 2 aromatic carbocycles. The van der Waals surface area contributed by atoms with Crippen molar-refractivity contribution < 1.29 is 14.3 Å². The Labute approximate surface area is 192 Å². The van der Waals surface area contributed by atoms with Crippen LogP contribution in [0.3, 0.4) is 0 Å². The minimum atomic E-state index is -0.109. The summed E-state index contributed by atoms with van der Waals surface area (Å²) in [5.41, 5.74) is 3.39. The van der Waals surface area contributed by atoms with E-state index in [-0.39, 0.29) is 17.5 Å². The molecule has 33 heavy (non-hydrogen) atoms. The average Bonchev–Trinajstić information content (AvgIpc) is 3.08. The maximum absolute atomic E-state index is 13.5. The van der Waals surface area contributed by atoms with Crippen molar-refractivity contribution in [2.24, 2.45) is 0 Å². The zero-order chi connectivity index (χ0) is 23.1. The van der Waals surface area contributed by atoms with Gasteiger partial charge in [-0.15, -0.1) is 0 Å². The molecule has 1 amide bonds. The third kappa shape index (κ3) is 3.65. The van der Waals surface area contributed by atoms with E-state index >= 15 is 0 Å². The number of benzene rings is 2. The summed E-state index contributed by atoms with van der Waals surface area (Å²) in [5, 5.41) is 0.575. The van der Waals surface area contributed by atoms with E-state index in [2.05, 4.69) is 0 Å². The molecule has 0 fully saturated rings. The van der Waals surface area contributed by atoms with Crippen LogP contribution in [0, 0.1) is 0 Å². The van der Waals surface area contributed by atoms with Gasteiger partial charge in [0.25, 0.3) is 11.5 Å². The monoisotopic (exact) mass is 447 g/mol. The number of nitrogens with zero attached hydrogens (tertiary/aromatic N) is 3. The van der Waals surface area contributed by atoms with Gasteiger partial charge in [-0.25, -0.2) is 4.98 Å². The largest absolute Gasteiger partial charge is 0.493 e. The van der Waals surface area contributed by atoms with Gasteiger partial charge < -0.3 is 14.4 Å². The molecule has 1 unspecified atom stereocenters. The summed E-state index contributed by atoms with van der Waals surface area (Å²) in [5.74, 6) is 2.14. The van der Waals surface area contributed by atoms with Crippen molar-refractivity contribution in [2.75, 3.05) is 20.8 Å². The summed E-state index contributed by atoms with van der Waals surface area (Å²) in [7, 11) is 3.25. The van der Waals surface area contributed by atoms with Gasteiger partial charge in [0.1, 0.15) is 5.82 Å². The van der Waals surface area contributed by atoms with Crippen LogP contribution in [0.5, 0.6) is 11.5 Å². The van der Waals surface area contributed by atoms with E-state index in [1.54, 1.807) is 32.4 Å². The summed E-state index contributed by atoms with van der Waals surface area (Å²) in [6.45, 7) is 3.37. The van der Waals surface area contributed by atoms with Crippen molar-refractivity contribution in [1.82, 2.24) is 14.5 Å². The van der Waals surface area contributed by atoms with Gasteiger partial charge in [0.2, 0.25) is 0 Å². The van der Waals surface area contributed by atoms with Crippen molar-refractivity contribution in [2.45, 2.75) is 51.6 Å². The Bertz CT molecular complexity index is 1300. The molecule has 0 aliphatic carbocycles. The van der Waals surface area contributed by atoms with Crippen molar-refractivity contribution >= 4 is 16.8 Å². The van der Waals surface area contributed by atoms with E-state index in [1.807, 2.05) is 28.5 Å². The molecular formula is C26H29N3O4. The molecule has 0 N–H and O–H groups in total. The Morgan fingerprint density at radius 3 is 2.58 bits per heavy atom. The van der Waals surface area contributed by atoms with Crippen LogP contribution < -0.4 is 15.0 Å². The van der Waals surface area contributed by atoms with Gasteiger partial charge in [0, 0.05) is 25.1 Å². The molecule has 3 heterocycles. The fourth-order valence-electron chi connectivity index (χ4n) is 5.14. The van der Waals surface area contributed by atoms with E-state index in [0.29, 0.717) is 34.5 Å². The van der Waals surface area contributed by atoms with E-state index in [1.165, 1.54) is 5.56 Å². The number of fused-ring (bicyclic) bond motifs is 3. The summed E-state index contributed by atoms with van der Waals surface area (Å²) >= 11 is 0. The number of hydrogen-bond donors (Lipinski definition) is 0. The first kappa shape index (κ1) is 21.5. The minimum Gasteiger partial charge on any atom is -0.493 e. The highest BCUT2D eigenvalue weighted by molar-refractivity contribution is 5.98. The second-order valence-corrected chi connectivity index (χ2v) is 8.86. The van der Waals surface area contributed by atoms with Crippen LogP contribution in [-0.2, 0) is 19.4 Å². The topological polar surface area (TPSA) is 73.7 Å². The van der Waals surface area contributed by atoms with E-state index in [0.717, 1.165) is 50.0 Å². The fraction of sp³-hybridized carbons (Fsp3) is 0.423. The first-order valence-electron chi connectivity index (χ1n) is 11.6. The molecule has 5 rings (SSSR count). The molecule has 3 aromatic rings.